The van der Waals surface area contributed by atoms with Crippen molar-refractivity contribution >= 4 is 53.3 Å². The van der Waals surface area contributed by atoms with Crippen molar-refractivity contribution in [2.75, 3.05) is 17.5 Å². The summed E-state index contributed by atoms with van der Waals surface area (Å²) in [5.41, 5.74) is 3.44. The van der Waals surface area contributed by atoms with Crippen LogP contribution in [0.15, 0.2) is 24.5 Å². The van der Waals surface area contributed by atoms with Gasteiger partial charge in [0.1, 0.15) is 4.88 Å². The molecule has 0 unspecified atom stereocenters. The summed E-state index contributed by atoms with van der Waals surface area (Å²) in [5.74, 6) is -0.235. The molecule has 3 heterocycles. The van der Waals surface area contributed by atoms with Crippen LogP contribution < -0.4 is 4.31 Å². The van der Waals surface area contributed by atoms with E-state index in [2.05, 4.69) is 30.5 Å². The molecule has 21 heavy (non-hydrogen) atoms. The summed E-state index contributed by atoms with van der Waals surface area (Å²) in [5, 5.41) is 0. The highest BCUT2D eigenvalue weighted by Crippen LogP contribution is 2.43. The number of ether oxygens (including phenoxy) is 1. The molecule has 0 aromatic carbocycles. The van der Waals surface area contributed by atoms with Gasteiger partial charge in [-0.2, -0.15) is 0 Å². The van der Waals surface area contributed by atoms with Gasteiger partial charge in [0.15, 0.2) is 0 Å². The van der Waals surface area contributed by atoms with Crippen molar-refractivity contribution in [3.8, 4) is 10.4 Å². The summed E-state index contributed by atoms with van der Waals surface area (Å²) in [4.78, 5) is 18.0. The highest BCUT2D eigenvalue weighted by molar-refractivity contribution is 14.2. The molecule has 0 bridgehead atoms. The first kappa shape index (κ1) is 15.1. The van der Waals surface area contributed by atoms with Crippen molar-refractivity contribution in [1.29, 1.82) is 0 Å². The van der Waals surface area contributed by atoms with E-state index in [0.29, 0.717) is 11.5 Å². The van der Waals surface area contributed by atoms with Gasteiger partial charge in [-0.3, -0.25) is 4.98 Å². The van der Waals surface area contributed by atoms with Crippen molar-refractivity contribution in [3.63, 3.8) is 0 Å². The first-order chi connectivity index (χ1) is 10.2. The quantitative estimate of drug-likeness (QED) is 0.410. The number of hydrogen-bond donors (Lipinski definition) is 0. The van der Waals surface area contributed by atoms with Crippen molar-refractivity contribution in [2.24, 2.45) is 0 Å². The highest BCUT2D eigenvalue weighted by atomic mass is 127. The second-order valence-electron chi connectivity index (χ2n) is 4.50. The SMILES string of the molecule is CCOC(=O)c1cc2c(s1)-c1cnccc1N(SI)CC2. The summed E-state index contributed by atoms with van der Waals surface area (Å²) >= 11 is 3.80. The third-order valence-electron chi connectivity index (χ3n) is 3.26. The van der Waals surface area contributed by atoms with Gasteiger partial charge in [0.25, 0.3) is 0 Å². The number of thiophene rings is 1. The standard InChI is InChI=1S/C14H13IN2O2S2/c1-2-19-14(18)12-7-9-4-6-17(21-15)11-3-5-16-8-10(11)13(9)20-12/h3,5,7-8H,2,4,6H2,1H3. The topological polar surface area (TPSA) is 42.4 Å². The number of aromatic nitrogens is 1. The van der Waals surface area contributed by atoms with Crippen LogP contribution in [0.2, 0.25) is 0 Å². The van der Waals surface area contributed by atoms with Gasteiger partial charge in [-0.1, -0.05) is 0 Å². The van der Waals surface area contributed by atoms with Gasteiger partial charge >= 0.3 is 5.97 Å². The van der Waals surface area contributed by atoms with E-state index in [1.165, 1.54) is 16.9 Å². The van der Waals surface area contributed by atoms with Gasteiger partial charge in [0.05, 0.1) is 12.3 Å². The maximum Gasteiger partial charge on any atom is 0.348 e. The van der Waals surface area contributed by atoms with Crippen molar-refractivity contribution in [3.05, 3.63) is 35.0 Å². The van der Waals surface area contributed by atoms with Crippen LogP contribution in [0.1, 0.15) is 22.2 Å². The van der Waals surface area contributed by atoms with Crippen LogP contribution in [-0.2, 0) is 11.2 Å². The zero-order valence-corrected chi connectivity index (χ0v) is 15.1. The molecule has 3 rings (SSSR count). The number of rotatable bonds is 3. The number of nitrogens with zero attached hydrogens (tertiary/aromatic N) is 2. The number of fused-ring (bicyclic) bond motifs is 3. The van der Waals surface area contributed by atoms with Crippen LogP contribution in [0.3, 0.4) is 0 Å². The zero-order chi connectivity index (χ0) is 14.8. The van der Waals surface area contributed by atoms with Crippen LogP contribution in [0.5, 0.6) is 0 Å². The summed E-state index contributed by atoms with van der Waals surface area (Å²) in [6, 6.07) is 4.00. The normalized spacial score (nSPS) is 13.3. The third-order valence-corrected chi connectivity index (χ3v) is 6.43. The van der Waals surface area contributed by atoms with Crippen LogP contribution in [-0.4, -0.2) is 24.1 Å². The van der Waals surface area contributed by atoms with E-state index in [-0.39, 0.29) is 5.97 Å². The fourth-order valence-electron chi connectivity index (χ4n) is 2.34. The predicted molar refractivity (Wildman–Crippen MR) is 96.2 cm³/mol. The molecule has 1 aliphatic heterocycles. The van der Waals surface area contributed by atoms with E-state index in [1.54, 1.807) is 9.12 Å². The first-order valence-corrected chi connectivity index (χ1v) is 10.7. The van der Waals surface area contributed by atoms with E-state index < -0.39 is 0 Å². The molecule has 0 radical (unpaired) electrons. The molecule has 0 N–H and O–H groups in total. The minimum Gasteiger partial charge on any atom is -0.462 e. The number of anilines is 1. The van der Waals surface area contributed by atoms with Gasteiger partial charge in [0.2, 0.25) is 0 Å². The molecule has 0 atom stereocenters. The Hall–Kier alpha value is -0.800. The maximum absolute atomic E-state index is 11.9. The molecule has 2 aromatic rings. The smallest absolute Gasteiger partial charge is 0.348 e. The lowest BCUT2D eigenvalue weighted by Gasteiger charge is -2.19. The molecule has 0 spiro atoms. The Labute approximate surface area is 143 Å². The molecule has 0 fully saturated rings. The van der Waals surface area contributed by atoms with E-state index >= 15 is 0 Å². The molecule has 1 aliphatic rings. The van der Waals surface area contributed by atoms with E-state index in [4.69, 9.17) is 4.74 Å². The van der Waals surface area contributed by atoms with Crippen molar-refractivity contribution < 1.29 is 9.53 Å². The Morgan fingerprint density at radius 1 is 1.62 bits per heavy atom. The average molecular weight is 432 g/mol. The maximum atomic E-state index is 11.9. The van der Waals surface area contributed by atoms with Crippen LogP contribution in [0.4, 0.5) is 5.69 Å². The Morgan fingerprint density at radius 3 is 3.24 bits per heavy atom. The molecule has 2 aromatic heterocycles. The molecule has 0 saturated carbocycles. The summed E-state index contributed by atoms with van der Waals surface area (Å²) < 4.78 is 7.37. The van der Waals surface area contributed by atoms with Crippen LogP contribution in [0.25, 0.3) is 10.4 Å². The predicted octanol–water partition coefficient (Wildman–Crippen LogP) is 4.35. The number of pyridine rings is 1. The van der Waals surface area contributed by atoms with Gasteiger partial charge in [0, 0.05) is 59.7 Å². The highest BCUT2D eigenvalue weighted by Gasteiger charge is 2.24. The zero-order valence-electron chi connectivity index (χ0n) is 11.3. The molecule has 4 nitrogen and oxygen atoms in total. The fourth-order valence-corrected chi connectivity index (χ4v) is 5.08. The van der Waals surface area contributed by atoms with Gasteiger partial charge in [-0.15, -0.1) is 11.3 Å². The van der Waals surface area contributed by atoms with E-state index in [1.807, 2.05) is 31.5 Å². The lowest BCUT2D eigenvalue weighted by molar-refractivity contribution is 0.0532. The van der Waals surface area contributed by atoms with Crippen molar-refractivity contribution in [1.82, 2.24) is 4.98 Å². The number of esters is 1. The molecule has 0 aliphatic carbocycles. The first-order valence-electron chi connectivity index (χ1n) is 6.55. The second kappa shape index (κ2) is 6.53. The number of carbonyl (C=O) groups is 1. The minimum atomic E-state index is -0.235. The molecule has 0 saturated heterocycles. The summed E-state index contributed by atoms with van der Waals surface area (Å²) in [6.45, 7) is 3.14. The second-order valence-corrected chi connectivity index (χ2v) is 7.31. The van der Waals surface area contributed by atoms with Gasteiger partial charge in [-0.05, 0) is 31.0 Å². The van der Waals surface area contributed by atoms with E-state index in [9.17, 15) is 4.79 Å². The van der Waals surface area contributed by atoms with E-state index in [0.717, 1.165) is 29.1 Å². The average Bonchev–Trinajstić information content (AvgIpc) is 2.87. The fraction of sp³-hybridized carbons (Fsp3) is 0.286. The van der Waals surface area contributed by atoms with Crippen molar-refractivity contribution in [2.45, 2.75) is 13.3 Å². The Morgan fingerprint density at radius 2 is 2.48 bits per heavy atom. The summed E-state index contributed by atoms with van der Waals surface area (Å²) in [6.07, 6.45) is 4.60. The lowest BCUT2D eigenvalue weighted by Crippen LogP contribution is -2.14. The minimum absolute atomic E-state index is 0.235. The van der Waals surface area contributed by atoms with Gasteiger partial charge in [-0.25, -0.2) is 4.79 Å². The lowest BCUT2D eigenvalue weighted by atomic mass is 10.1. The Bertz CT molecular complexity index is 675. The molecular weight excluding hydrogens is 419 g/mol. The molecule has 7 heteroatoms. The number of halogens is 1. The van der Waals surface area contributed by atoms with Crippen LogP contribution in [0, 0.1) is 0 Å². The summed E-state index contributed by atoms with van der Waals surface area (Å²) in [7, 11) is 1.68. The van der Waals surface area contributed by atoms with Crippen LogP contribution >= 0.6 is 41.7 Å². The Balaban J connectivity index is 2.07. The monoisotopic (exact) mass is 432 g/mol. The Kier molecular flexibility index (Phi) is 4.70. The molecule has 110 valence electrons. The molecule has 0 amide bonds. The number of carbonyl (C=O) groups excluding carboxylic acids is 1. The molecular formula is C14H13IN2O2S2. The van der Waals surface area contributed by atoms with Gasteiger partial charge < -0.3 is 9.04 Å². The largest absolute Gasteiger partial charge is 0.462 e. The third kappa shape index (κ3) is 2.91. The number of hydrogen-bond acceptors (Lipinski definition) is 6.